The molecule has 0 atom stereocenters. The maximum absolute atomic E-state index is 11.4. The monoisotopic (exact) mass is 189 g/mol. The van der Waals surface area contributed by atoms with E-state index < -0.39 is 17.5 Å². The molecule has 0 unspecified atom stereocenters. The molecule has 1 aromatic rings. The number of amides is 1. The molecule has 4 heteroatoms. The highest BCUT2D eigenvalue weighted by Gasteiger charge is 2.26. The van der Waals surface area contributed by atoms with E-state index >= 15 is 0 Å². The van der Waals surface area contributed by atoms with Crippen molar-refractivity contribution in [2.75, 3.05) is 5.32 Å². The average molecular weight is 189 g/mol. The van der Waals surface area contributed by atoms with Crippen LogP contribution in [0.25, 0.3) is 0 Å². The molecule has 0 aliphatic carbocycles. The Morgan fingerprint density at radius 3 is 2.57 bits per heavy atom. The van der Waals surface area contributed by atoms with Crippen LogP contribution in [0.4, 0.5) is 5.69 Å². The topological polar surface area (TPSA) is 63.2 Å². The molecule has 1 heterocycles. The molecule has 1 aliphatic rings. The van der Waals surface area contributed by atoms with Crippen LogP contribution in [0, 0.1) is 0 Å². The zero-order chi connectivity index (χ0) is 10.1. The van der Waals surface area contributed by atoms with E-state index in [0.717, 1.165) is 0 Å². The summed E-state index contributed by atoms with van der Waals surface area (Å²) < 4.78 is 0. The minimum Gasteiger partial charge on any atom is -0.325 e. The lowest BCUT2D eigenvalue weighted by Crippen LogP contribution is -2.16. The molecule has 4 nitrogen and oxygen atoms in total. The molecule has 0 saturated carbocycles. The van der Waals surface area contributed by atoms with Gasteiger partial charge in [0.25, 0.3) is 0 Å². The molecule has 0 saturated heterocycles. The third-order valence-corrected chi connectivity index (χ3v) is 2.02. The number of para-hydroxylation sites is 1. The number of rotatable bonds is 0. The minimum atomic E-state index is -0.660. The van der Waals surface area contributed by atoms with Crippen molar-refractivity contribution >= 4 is 23.2 Å². The first kappa shape index (κ1) is 8.62. The summed E-state index contributed by atoms with van der Waals surface area (Å²) in [5, 5.41) is 2.50. The fraction of sp³-hybridized carbons (Fsp3) is 0.100. The second-order valence-electron chi connectivity index (χ2n) is 3.02. The van der Waals surface area contributed by atoms with Gasteiger partial charge in [-0.2, -0.15) is 0 Å². The lowest BCUT2D eigenvalue weighted by Gasteiger charge is -2.02. The first-order chi connectivity index (χ1) is 6.68. The van der Waals surface area contributed by atoms with Crippen LogP contribution in [0.15, 0.2) is 24.3 Å². The molecular formula is C10H7NO3. The number of carbonyl (C=O) groups excluding carboxylic acids is 3. The lowest BCUT2D eigenvalue weighted by atomic mass is 10.1. The summed E-state index contributed by atoms with van der Waals surface area (Å²) in [6.45, 7) is 0. The minimum absolute atomic E-state index is 0.267. The van der Waals surface area contributed by atoms with Gasteiger partial charge < -0.3 is 5.32 Å². The number of fused-ring (bicyclic) bond motifs is 1. The van der Waals surface area contributed by atoms with Gasteiger partial charge in [-0.3, -0.25) is 14.4 Å². The van der Waals surface area contributed by atoms with Crippen LogP contribution in [-0.2, 0) is 9.59 Å². The summed E-state index contributed by atoms with van der Waals surface area (Å²) in [6.07, 6.45) is -0.368. The third kappa shape index (κ3) is 1.31. The molecule has 0 aromatic heterocycles. The molecule has 0 radical (unpaired) electrons. The van der Waals surface area contributed by atoms with Gasteiger partial charge in [0.2, 0.25) is 17.5 Å². The van der Waals surface area contributed by atoms with Crippen LogP contribution >= 0.6 is 0 Å². The Labute approximate surface area is 79.9 Å². The van der Waals surface area contributed by atoms with E-state index in [-0.39, 0.29) is 12.0 Å². The van der Waals surface area contributed by atoms with Crippen LogP contribution in [0.2, 0.25) is 0 Å². The fourth-order valence-electron chi connectivity index (χ4n) is 1.36. The van der Waals surface area contributed by atoms with Crippen molar-refractivity contribution in [3.05, 3.63) is 29.8 Å². The first-order valence-electron chi connectivity index (χ1n) is 4.15. The van der Waals surface area contributed by atoms with E-state index in [1.807, 2.05) is 0 Å². The quantitative estimate of drug-likeness (QED) is 0.484. The first-order valence-corrected chi connectivity index (χ1v) is 4.15. The highest BCUT2D eigenvalue weighted by molar-refractivity contribution is 6.48. The number of anilines is 1. The lowest BCUT2D eigenvalue weighted by molar-refractivity contribution is -0.123. The SMILES string of the molecule is O=C1CC(=O)C(=O)c2ccccc2N1. The van der Waals surface area contributed by atoms with Crippen LogP contribution in [0.5, 0.6) is 0 Å². The van der Waals surface area contributed by atoms with Gasteiger partial charge >= 0.3 is 0 Å². The Morgan fingerprint density at radius 1 is 1.07 bits per heavy atom. The Bertz CT molecular complexity index is 437. The summed E-state index contributed by atoms with van der Waals surface area (Å²) in [5.74, 6) is -1.69. The van der Waals surface area contributed by atoms with Crippen molar-refractivity contribution in [3.8, 4) is 0 Å². The van der Waals surface area contributed by atoms with E-state index in [1.165, 1.54) is 6.07 Å². The molecule has 0 spiro atoms. The molecule has 0 bridgehead atoms. The molecule has 1 aliphatic heterocycles. The average Bonchev–Trinajstić information content (AvgIpc) is 2.26. The summed E-state index contributed by atoms with van der Waals surface area (Å²) in [6, 6.07) is 6.48. The number of carbonyl (C=O) groups is 3. The van der Waals surface area contributed by atoms with Gasteiger partial charge in [-0.25, -0.2) is 0 Å². The van der Waals surface area contributed by atoms with Crippen LogP contribution in [0.3, 0.4) is 0 Å². The van der Waals surface area contributed by atoms with Gasteiger partial charge in [-0.05, 0) is 12.1 Å². The van der Waals surface area contributed by atoms with Crippen molar-refractivity contribution in [2.45, 2.75) is 6.42 Å². The van der Waals surface area contributed by atoms with Gasteiger partial charge in [0.05, 0.1) is 12.1 Å². The maximum atomic E-state index is 11.4. The van der Waals surface area contributed by atoms with Crippen molar-refractivity contribution in [1.29, 1.82) is 0 Å². The zero-order valence-electron chi connectivity index (χ0n) is 7.24. The number of hydrogen-bond acceptors (Lipinski definition) is 3. The van der Waals surface area contributed by atoms with Crippen LogP contribution < -0.4 is 5.32 Å². The molecule has 1 aromatic carbocycles. The maximum Gasteiger partial charge on any atom is 0.232 e. The highest BCUT2D eigenvalue weighted by Crippen LogP contribution is 2.19. The molecule has 0 fully saturated rings. The van der Waals surface area contributed by atoms with Crippen molar-refractivity contribution in [2.24, 2.45) is 0 Å². The Hall–Kier alpha value is -1.97. The third-order valence-electron chi connectivity index (χ3n) is 2.02. The normalized spacial score (nSPS) is 15.9. The van der Waals surface area contributed by atoms with Gasteiger partial charge in [0, 0.05) is 5.56 Å². The second kappa shape index (κ2) is 3.06. The molecule has 70 valence electrons. The largest absolute Gasteiger partial charge is 0.325 e. The molecule has 2 rings (SSSR count). The summed E-state index contributed by atoms with van der Waals surface area (Å²) in [4.78, 5) is 33.7. The van der Waals surface area contributed by atoms with Gasteiger partial charge in [0.1, 0.15) is 0 Å². The van der Waals surface area contributed by atoms with E-state index in [1.54, 1.807) is 18.2 Å². The van der Waals surface area contributed by atoms with Crippen LogP contribution in [-0.4, -0.2) is 17.5 Å². The predicted octanol–water partition coefficient (Wildman–Crippen LogP) is 0.781. The highest BCUT2D eigenvalue weighted by atomic mass is 16.2. The van der Waals surface area contributed by atoms with Gasteiger partial charge in [-0.1, -0.05) is 12.1 Å². The van der Waals surface area contributed by atoms with Gasteiger partial charge in [-0.15, -0.1) is 0 Å². The Morgan fingerprint density at radius 2 is 1.79 bits per heavy atom. The van der Waals surface area contributed by atoms with E-state index in [0.29, 0.717) is 5.69 Å². The fourth-order valence-corrected chi connectivity index (χ4v) is 1.36. The van der Waals surface area contributed by atoms with Crippen LogP contribution in [0.1, 0.15) is 16.8 Å². The van der Waals surface area contributed by atoms with E-state index in [2.05, 4.69) is 5.32 Å². The molecule has 14 heavy (non-hydrogen) atoms. The molecule has 1 N–H and O–H groups in total. The second-order valence-corrected chi connectivity index (χ2v) is 3.02. The summed E-state index contributed by atoms with van der Waals surface area (Å²) in [5.41, 5.74) is 0.678. The summed E-state index contributed by atoms with van der Waals surface area (Å²) in [7, 11) is 0. The van der Waals surface area contributed by atoms with Crippen molar-refractivity contribution < 1.29 is 14.4 Å². The Balaban J connectivity index is 2.57. The Kier molecular flexibility index (Phi) is 1.89. The number of ketones is 2. The van der Waals surface area contributed by atoms with E-state index in [9.17, 15) is 14.4 Å². The smallest absolute Gasteiger partial charge is 0.232 e. The van der Waals surface area contributed by atoms with E-state index in [4.69, 9.17) is 0 Å². The number of hydrogen-bond donors (Lipinski definition) is 1. The van der Waals surface area contributed by atoms with Gasteiger partial charge in [0.15, 0.2) is 0 Å². The number of nitrogens with one attached hydrogen (secondary N) is 1. The van der Waals surface area contributed by atoms with Crippen molar-refractivity contribution in [1.82, 2.24) is 0 Å². The van der Waals surface area contributed by atoms with Crippen molar-refractivity contribution in [3.63, 3.8) is 0 Å². The number of benzene rings is 1. The molecule has 1 amide bonds. The standard InChI is InChI=1S/C10H7NO3/c12-8-5-9(13)11-7-4-2-1-3-6(7)10(8)14/h1-4H,5H2,(H,11,13). The number of Topliss-reactive ketones (excluding diaryl/α,β-unsaturated/α-hetero) is 2. The predicted molar refractivity (Wildman–Crippen MR) is 49.0 cm³/mol. The summed E-state index contributed by atoms with van der Waals surface area (Å²) >= 11 is 0. The molecular weight excluding hydrogens is 182 g/mol. The zero-order valence-corrected chi connectivity index (χ0v) is 7.24.